The summed E-state index contributed by atoms with van der Waals surface area (Å²) in [5.41, 5.74) is 0.653. The van der Waals surface area contributed by atoms with Crippen LogP contribution in [0.4, 0.5) is 4.39 Å². The maximum absolute atomic E-state index is 13.6. The van der Waals surface area contributed by atoms with E-state index in [0.717, 1.165) is 0 Å². The molecule has 0 fully saturated rings. The van der Waals surface area contributed by atoms with Crippen LogP contribution in [0.15, 0.2) is 12.1 Å². The summed E-state index contributed by atoms with van der Waals surface area (Å²) < 4.78 is 13.6. The van der Waals surface area contributed by atoms with Crippen LogP contribution >= 0.6 is 11.6 Å². The van der Waals surface area contributed by atoms with E-state index >= 15 is 0 Å². The van der Waals surface area contributed by atoms with E-state index in [1.807, 2.05) is 0 Å². The first-order valence-corrected chi connectivity index (χ1v) is 4.73. The second-order valence-corrected chi connectivity index (χ2v) is 3.57. The zero-order valence-electron chi connectivity index (χ0n) is 8.14. The third-order valence-electron chi connectivity index (χ3n) is 2.05. The number of likely N-dealkylation sites (N-methyl/N-ethyl adjacent to an activating group) is 1. The van der Waals surface area contributed by atoms with Crippen molar-refractivity contribution < 1.29 is 9.50 Å². The fourth-order valence-corrected chi connectivity index (χ4v) is 1.55. The van der Waals surface area contributed by atoms with Gasteiger partial charge in [0.1, 0.15) is 5.82 Å². The lowest BCUT2D eigenvalue weighted by molar-refractivity contribution is 0.173. The Labute approximate surface area is 87.7 Å². The van der Waals surface area contributed by atoms with Crippen molar-refractivity contribution in [3.63, 3.8) is 0 Å². The van der Waals surface area contributed by atoms with Crippen LogP contribution in [-0.2, 0) is 0 Å². The number of nitrogens with one attached hydrogen (secondary N) is 1. The van der Waals surface area contributed by atoms with E-state index in [0.29, 0.717) is 5.56 Å². The van der Waals surface area contributed by atoms with Gasteiger partial charge in [0.15, 0.2) is 0 Å². The van der Waals surface area contributed by atoms with E-state index in [2.05, 4.69) is 5.32 Å². The van der Waals surface area contributed by atoms with Gasteiger partial charge in [-0.2, -0.15) is 0 Å². The van der Waals surface area contributed by atoms with Crippen molar-refractivity contribution in [2.75, 3.05) is 13.6 Å². The largest absolute Gasteiger partial charge is 0.387 e. The van der Waals surface area contributed by atoms with Crippen molar-refractivity contribution in [1.29, 1.82) is 0 Å². The third kappa shape index (κ3) is 2.23. The molecular weight excluding hydrogens is 205 g/mol. The van der Waals surface area contributed by atoms with Gasteiger partial charge >= 0.3 is 0 Å². The Kier molecular flexibility index (Phi) is 3.86. The Balaban J connectivity index is 3.11. The predicted octanol–water partition coefficient (Wildman–Crippen LogP) is 2.04. The van der Waals surface area contributed by atoms with Gasteiger partial charge in [-0.15, -0.1) is 0 Å². The van der Waals surface area contributed by atoms with Gasteiger partial charge in [0.25, 0.3) is 0 Å². The summed E-state index contributed by atoms with van der Waals surface area (Å²) in [7, 11) is 1.69. The molecule has 1 rings (SSSR count). The van der Waals surface area contributed by atoms with Crippen molar-refractivity contribution in [3.05, 3.63) is 34.1 Å². The average molecular weight is 218 g/mol. The number of rotatable bonds is 3. The van der Waals surface area contributed by atoms with Crippen molar-refractivity contribution in [2.24, 2.45) is 0 Å². The molecule has 0 spiro atoms. The number of aryl methyl sites for hydroxylation is 1. The minimum Gasteiger partial charge on any atom is -0.387 e. The van der Waals surface area contributed by atoms with E-state index in [1.165, 1.54) is 0 Å². The topological polar surface area (TPSA) is 32.3 Å². The molecule has 0 amide bonds. The molecule has 1 atom stereocenters. The molecule has 1 aromatic rings. The third-order valence-corrected chi connectivity index (χ3v) is 2.38. The summed E-state index contributed by atoms with van der Waals surface area (Å²) in [4.78, 5) is 0. The molecule has 0 aliphatic heterocycles. The highest BCUT2D eigenvalue weighted by Gasteiger charge is 2.17. The molecule has 0 saturated carbocycles. The summed E-state index contributed by atoms with van der Waals surface area (Å²) in [6.45, 7) is 1.92. The van der Waals surface area contributed by atoms with Crippen LogP contribution in [0.5, 0.6) is 0 Å². The monoisotopic (exact) mass is 217 g/mol. The molecule has 1 unspecified atom stereocenters. The summed E-state index contributed by atoms with van der Waals surface area (Å²) in [5.74, 6) is -0.430. The van der Waals surface area contributed by atoms with E-state index in [4.69, 9.17) is 11.6 Å². The number of halogens is 2. The molecule has 78 valence electrons. The SMILES string of the molecule is CNCC(O)c1c(Cl)ccc(C)c1F. The van der Waals surface area contributed by atoms with Gasteiger partial charge < -0.3 is 10.4 Å². The average Bonchev–Trinajstić information content (AvgIpc) is 2.13. The zero-order valence-corrected chi connectivity index (χ0v) is 8.90. The molecule has 2 nitrogen and oxygen atoms in total. The van der Waals surface area contributed by atoms with Gasteiger partial charge in [0, 0.05) is 17.1 Å². The van der Waals surface area contributed by atoms with E-state index < -0.39 is 11.9 Å². The maximum Gasteiger partial charge on any atom is 0.133 e. The van der Waals surface area contributed by atoms with Crippen LogP contribution in [-0.4, -0.2) is 18.7 Å². The van der Waals surface area contributed by atoms with E-state index in [1.54, 1.807) is 26.1 Å². The van der Waals surface area contributed by atoms with E-state index in [-0.39, 0.29) is 17.1 Å². The Hall–Kier alpha value is -0.640. The van der Waals surface area contributed by atoms with Gasteiger partial charge in [-0.25, -0.2) is 4.39 Å². The van der Waals surface area contributed by atoms with Crippen molar-refractivity contribution >= 4 is 11.6 Å². The molecule has 4 heteroatoms. The molecule has 14 heavy (non-hydrogen) atoms. The zero-order chi connectivity index (χ0) is 10.7. The molecule has 2 N–H and O–H groups in total. The quantitative estimate of drug-likeness (QED) is 0.812. The molecule has 0 aliphatic rings. The fourth-order valence-electron chi connectivity index (χ4n) is 1.28. The lowest BCUT2D eigenvalue weighted by Gasteiger charge is -2.14. The standard InChI is InChI=1S/C10H13ClFNO/c1-6-3-4-7(11)9(10(6)12)8(14)5-13-2/h3-4,8,13-14H,5H2,1-2H3. The molecule has 0 aromatic heterocycles. The van der Waals surface area contributed by atoms with Gasteiger partial charge in [-0.3, -0.25) is 0 Å². The number of hydrogen-bond donors (Lipinski definition) is 2. The highest BCUT2D eigenvalue weighted by molar-refractivity contribution is 6.31. The number of benzene rings is 1. The molecule has 1 aromatic carbocycles. The van der Waals surface area contributed by atoms with Crippen LogP contribution in [0.25, 0.3) is 0 Å². The summed E-state index contributed by atoms with van der Waals surface area (Å²) in [6.07, 6.45) is -0.910. The molecule has 0 saturated heterocycles. The predicted molar refractivity (Wildman–Crippen MR) is 55.0 cm³/mol. The first-order chi connectivity index (χ1) is 6.57. The maximum atomic E-state index is 13.6. The second kappa shape index (κ2) is 4.73. The van der Waals surface area contributed by atoms with Crippen molar-refractivity contribution in [1.82, 2.24) is 5.32 Å². The molecule has 0 heterocycles. The highest BCUT2D eigenvalue weighted by atomic mass is 35.5. The Morgan fingerprint density at radius 2 is 2.21 bits per heavy atom. The Morgan fingerprint density at radius 1 is 1.57 bits per heavy atom. The van der Waals surface area contributed by atoms with Crippen molar-refractivity contribution in [2.45, 2.75) is 13.0 Å². The first-order valence-electron chi connectivity index (χ1n) is 4.35. The van der Waals surface area contributed by atoms with Gasteiger partial charge in [0.2, 0.25) is 0 Å². The normalized spacial score (nSPS) is 12.9. The summed E-state index contributed by atoms with van der Waals surface area (Å²) in [6, 6.07) is 3.18. The lowest BCUT2D eigenvalue weighted by Crippen LogP contribution is -2.18. The Morgan fingerprint density at radius 3 is 2.79 bits per heavy atom. The van der Waals surface area contributed by atoms with Gasteiger partial charge in [-0.1, -0.05) is 17.7 Å². The van der Waals surface area contributed by atoms with Crippen LogP contribution < -0.4 is 5.32 Å². The van der Waals surface area contributed by atoms with Gasteiger partial charge in [-0.05, 0) is 25.6 Å². The van der Waals surface area contributed by atoms with Crippen LogP contribution in [0.3, 0.4) is 0 Å². The number of aliphatic hydroxyl groups excluding tert-OH is 1. The molecular formula is C10H13ClFNO. The summed E-state index contributed by atoms with van der Waals surface area (Å²) in [5, 5.41) is 12.6. The van der Waals surface area contributed by atoms with Crippen molar-refractivity contribution in [3.8, 4) is 0 Å². The highest BCUT2D eigenvalue weighted by Crippen LogP contribution is 2.27. The first kappa shape index (κ1) is 11.4. The fraction of sp³-hybridized carbons (Fsp3) is 0.400. The van der Waals surface area contributed by atoms with Crippen LogP contribution in [0.2, 0.25) is 5.02 Å². The number of hydrogen-bond acceptors (Lipinski definition) is 2. The van der Waals surface area contributed by atoms with Gasteiger partial charge in [0.05, 0.1) is 6.10 Å². The summed E-state index contributed by atoms with van der Waals surface area (Å²) >= 11 is 5.80. The number of aliphatic hydroxyl groups is 1. The van der Waals surface area contributed by atoms with E-state index in [9.17, 15) is 9.50 Å². The van der Waals surface area contributed by atoms with Crippen LogP contribution in [0.1, 0.15) is 17.2 Å². The minimum atomic E-state index is -0.910. The van der Waals surface area contributed by atoms with Crippen LogP contribution in [0, 0.1) is 12.7 Å². The minimum absolute atomic E-state index is 0.168. The second-order valence-electron chi connectivity index (χ2n) is 3.17. The molecule has 0 bridgehead atoms. The Bertz CT molecular complexity index is 330. The smallest absolute Gasteiger partial charge is 0.133 e. The lowest BCUT2D eigenvalue weighted by atomic mass is 10.1. The molecule has 0 aliphatic carbocycles. The molecule has 0 radical (unpaired) electrons.